The maximum Gasteiger partial charge on any atom is 0.0696 e. The molecular weight excluding hydrogens is 164 g/mol. The molecule has 0 aliphatic carbocycles. The van der Waals surface area contributed by atoms with E-state index in [-0.39, 0.29) is 19.0 Å². The molecule has 0 aliphatic rings. The van der Waals surface area contributed by atoms with Crippen LogP contribution >= 0.6 is 12.4 Å². The molecule has 0 atom stereocenters. The molecule has 0 fully saturated rings. The molecule has 11 heavy (non-hydrogen) atoms. The van der Waals surface area contributed by atoms with Crippen LogP contribution in [0.5, 0.6) is 0 Å². The van der Waals surface area contributed by atoms with Gasteiger partial charge in [0.05, 0.1) is 12.3 Å². The average molecular weight is 175 g/mol. The summed E-state index contributed by atoms with van der Waals surface area (Å²) in [5, 5.41) is 8.63. The van der Waals surface area contributed by atoms with Crippen LogP contribution in [-0.2, 0) is 13.2 Å². The van der Waals surface area contributed by atoms with Crippen molar-refractivity contribution in [1.29, 1.82) is 0 Å². The number of aromatic nitrogens is 1. The molecule has 0 aliphatic heterocycles. The van der Waals surface area contributed by atoms with E-state index in [4.69, 9.17) is 10.8 Å². The molecule has 4 heteroatoms. The Hall–Kier alpha value is -0.640. The van der Waals surface area contributed by atoms with Gasteiger partial charge < -0.3 is 10.8 Å². The lowest BCUT2D eigenvalue weighted by atomic mass is 10.2. The number of nitrogens with two attached hydrogens (primary N) is 1. The summed E-state index contributed by atoms with van der Waals surface area (Å²) in [6, 6.07) is 3.63. The molecule has 3 N–H and O–H groups in total. The van der Waals surface area contributed by atoms with Gasteiger partial charge in [0.1, 0.15) is 0 Å². The molecule has 0 unspecified atom stereocenters. The van der Waals surface area contributed by atoms with Gasteiger partial charge in [0.15, 0.2) is 0 Å². The normalized spacial score (nSPS) is 8.91. The van der Waals surface area contributed by atoms with Crippen molar-refractivity contribution < 1.29 is 5.11 Å². The fraction of sp³-hybridized carbons (Fsp3) is 0.286. The maximum atomic E-state index is 8.63. The summed E-state index contributed by atoms with van der Waals surface area (Å²) in [6.45, 7) is 0.490. The summed E-state index contributed by atoms with van der Waals surface area (Å²) in [5.41, 5.74) is 6.98. The van der Waals surface area contributed by atoms with Gasteiger partial charge in [-0.2, -0.15) is 0 Å². The number of nitrogens with zero attached hydrogens (tertiary/aromatic N) is 1. The molecular formula is C7H11ClN2O. The first-order valence-corrected chi connectivity index (χ1v) is 3.11. The Morgan fingerprint density at radius 2 is 2.18 bits per heavy atom. The van der Waals surface area contributed by atoms with Gasteiger partial charge in [-0.05, 0) is 11.6 Å². The molecule has 1 rings (SSSR count). The summed E-state index contributed by atoms with van der Waals surface area (Å²) in [5.74, 6) is 0. The predicted octanol–water partition coefficient (Wildman–Crippen LogP) is 0.454. The smallest absolute Gasteiger partial charge is 0.0696 e. The van der Waals surface area contributed by atoms with Crippen LogP contribution < -0.4 is 5.73 Å². The third-order valence-electron chi connectivity index (χ3n) is 1.28. The Balaban J connectivity index is 0.000001000. The van der Waals surface area contributed by atoms with Crippen LogP contribution in [0.1, 0.15) is 11.3 Å². The number of pyridine rings is 1. The van der Waals surface area contributed by atoms with Gasteiger partial charge in [0.25, 0.3) is 0 Å². The number of aliphatic hydroxyl groups is 1. The standard InChI is InChI=1S/C7H10N2O.ClH/c8-3-7-2-1-6(5-10)4-9-7;/h1-2,4,10H,3,5,8H2;1H. The van der Waals surface area contributed by atoms with Crippen LogP contribution in [0.4, 0.5) is 0 Å². The molecule has 1 heterocycles. The van der Waals surface area contributed by atoms with Crippen LogP contribution in [0.15, 0.2) is 18.3 Å². The van der Waals surface area contributed by atoms with Crippen molar-refractivity contribution in [2.75, 3.05) is 0 Å². The molecule has 0 bridgehead atoms. The van der Waals surface area contributed by atoms with Crippen LogP contribution in [-0.4, -0.2) is 10.1 Å². The van der Waals surface area contributed by atoms with Gasteiger partial charge in [-0.15, -0.1) is 12.4 Å². The Labute approximate surface area is 71.7 Å². The van der Waals surface area contributed by atoms with Gasteiger partial charge in [0.2, 0.25) is 0 Å². The minimum Gasteiger partial charge on any atom is -0.392 e. The highest BCUT2D eigenvalue weighted by molar-refractivity contribution is 5.85. The second-order valence-corrected chi connectivity index (χ2v) is 2.02. The minimum atomic E-state index is 0. The molecule has 0 radical (unpaired) electrons. The maximum absolute atomic E-state index is 8.63. The van der Waals surface area contributed by atoms with Gasteiger partial charge in [-0.3, -0.25) is 4.98 Å². The summed E-state index contributed by atoms with van der Waals surface area (Å²) >= 11 is 0. The Kier molecular flexibility index (Phi) is 4.77. The fourth-order valence-electron chi connectivity index (χ4n) is 0.669. The molecule has 0 aromatic carbocycles. The second-order valence-electron chi connectivity index (χ2n) is 2.02. The largest absolute Gasteiger partial charge is 0.392 e. The van der Waals surface area contributed by atoms with E-state index in [2.05, 4.69) is 4.98 Å². The van der Waals surface area contributed by atoms with Crippen molar-refractivity contribution >= 4 is 12.4 Å². The lowest BCUT2D eigenvalue weighted by molar-refractivity contribution is 0.281. The van der Waals surface area contributed by atoms with Crippen molar-refractivity contribution in [3.05, 3.63) is 29.6 Å². The molecule has 0 saturated carbocycles. The summed E-state index contributed by atoms with van der Waals surface area (Å²) in [7, 11) is 0. The highest BCUT2D eigenvalue weighted by Crippen LogP contribution is 1.98. The summed E-state index contributed by atoms with van der Waals surface area (Å²) < 4.78 is 0. The Morgan fingerprint density at radius 1 is 1.45 bits per heavy atom. The lowest BCUT2D eigenvalue weighted by Gasteiger charge is -1.96. The first-order chi connectivity index (χ1) is 4.86. The molecule has 62 valence electrons. The van der Waals surface area contributed by atoms with E-state index in [1.807, 2.05) is 12.1 Å². The van der Waals surface area contributed by atoms with E-state index in [1.165, 1.54) is 0 Å². The lowest BCUT2D eigenvalue weighted by Crippen LogP contribution is -1.99. The van der Waals surface area contributed by atoms with E-state index in [0.717, 1.165) is 11.3 Å². The van der Waals surface area contributed by atoms with Gasteiger partial charge >= 0.3 is 0 Å². The number of halogens is 1. The van der Waals surface area contributed by atoms with Crippen molar-refractivity contribution in [3.8, 4) is 0 Å². The minimum absolute atomic E-state index is 0. The number of hydrogen-bond donors (Lipinski definition) is 2. The number of hydrogen-bond acceptors (Lipinski definition) is 3. The highest BCUT2D eigenvalue weighted by Gasteiger charge is 1.90. The van der Waals surface area contributed by atoms with Crippen LogP contribution in [0.3, 0.4) is 0 Å². The highest BCUT2D eigenvalue weighted by atomic mass is 35.5. The van der Waals surface area contributed by atoms with Crippen molar-refractivity contribution in [2.45, 2.75) is 13.2 Å². The summed E-state index contributed by atoms with van der Waals surface area (Å²) in [4.78, 5) is 3.98. The number of aliphatic hydroxyl groups excluding tert-OH is 1. The van der Waals surface area contributed by atoms with Crippen molar-refractivity contribution in [1.82, 2.24) is 4.98 Å². The van der Waals surface area contributed by atoms with E-state index in [9.17, 15) is 0 Å². The molecule has 1 aromatic heterocycles. The van der Waals surface area contributed by atoms with E-state index >= 15 is 0 Å². The Morgan fingerprint density at radius 3 is 2.55 bits per heavy atom. The van der Waals surface area contributed by atoms with Gasteiger partial charge in [-0.1, -0.05) is 6.07 Å². The van der Waals surface area contributed by atoms with Crippen molar-refractivity contribution in [2.24, 2.45) is 5.73 Å². The topological polar surface area (TPSA) is 59.1 Å². The fourth-order valence-corrected chi connectivity index (χ4v) is 0.669. The zero-order chi connectivity index (χ0) is 7.40. The molecule has 1 aromatic rings. The first kappa shape index (κ1) is 10.4. The molecule has 0 saturated heterocycles. The molecule has 0 amide bonds. The van der Waals surface area contributed by atoms with E-state index < -0.39 is 0 Å². The zero-order valence-electron chi connectivity index (χ0n) is 6.03. The van der Waals surface area contributed by atoms with Gasteiger partial charge in [0, 0.05) is 12.7 Å². The third kappa shape index (κ3) is 2.84. The van der Waals surface area contributed by atoms with Crippen LogP contribution in [0.25, 0.3) is 0 Å². The van der Waals surface area contributed by atoms with Crippen LogP contribution in [0, 0.1) is 0 Å². The molecule has 0 spiro atoms. The number of rotatable bonds is 2. The SMILES string of the molecule is Cl.NCc1ccc(CO)cn1. The third-order valence-corrected chi connectivity index (χ3v) is 1.28. The second kappa shape index (κ2) is 5.07. The van der Waals surface area contributed by atoms with E-state index in [0.29, 0.717) is 6.54 Å². The van der Waals surface area contributed by atoms with E-state index in [1.54, 1.807) is 6.20 Å². The quantitative estimate of drug-likeness (QED) is 0.685. The zero-order valence-corrected chi connectivity index (χ0v) is 6.84. The van der Waals surface area contributed by atoms with Gasteiger partial charge in [-0.25, -0.2) is 0 Å². The predicted molar refractivity (Wildman–Crippen MR) is 45.3 cm³/mol. The average Bonchev–Trinajstić information content (AvgIpc) is 2.05. The van der Waals surface area contributed by atoms with Crippen LogP contribution in [0.2, 0.25) is 0 Å². The Bertz CT molecular complexity index is 177. The molecule has 3 nitrogen and oxygen atoms in total. The summed E-state index contributed by atoms with van der Waals surface area (Å²) in [6.07, 6.45) is 1.63. The van der Waals surface area contributed by atoms with Crippen molar-refractivity contribution in [3.63, 3.8) is 0 Å². The monoisotopic (exact) mass is 174 g/mol. The first-order valence-electron chi connectivity index (χ1n) is 3.11.